The van der Waals surface area contributed by atoms with Gasteiger partial charge in [0.2, 0.25) is 0 Å². The number of nitro benzene ring substituents is 1. The van der Waals surface area contributed by atoms with Crippen molar-refractivity contribution < 1.29 is 9.72 Å². The number of aromatic nitrogens is 2. The molecule has 35 heavy (non-hydrogen) atoms. The summed E-state index contributed by atoms with van der Waals surface area (Å²) in [5.74, 6) is -0.461. The maximum atomic E-state index is 13.3. The van der Waals surface area contributed by atoms with Crippen LogP contribution in [0.4, 0.5) is 5.69 Å². The Labute approximate surface area is 212 Å². The molecule has 4 rings (SSSR count). The van der Waals surface area contributed by atoms with Crippen LogP contribution >= 0.6 is 27.7 Å². The van der Waals surface area contributed by atoms with Crippen molar-refractivity contribution in [3.8, 4) is 5.69 Å². The molecule has 0 atom stereocenters. The predicted molar refractivity (Wildman–Crippen MR) is 139 cm³/mol. The number of hydrazone groups is 1. The van der Waals surface area contributed by atoms with Gasteiger partial charge in [0.1, 0.15) is 0 Å². The number of nitro groups is 1. The van der Waals surface area contributed by atoms with E-state index in [9.17, 15) is 19.7 Å². The number of nitrogens with zero attached hydrogens (tertiary/aromatic N) is 4. The summed E-state index contributed by atoms with van der Waals surface area (Å²) in [4.78, 5) is 40.8. The zero-order valence-corrected chi connectivity index (χ0v) is 20.7. The van der Waals surface area contributed by atoms with E-state index in [1.165, 1.54) is 16.7 Å². The summed E-state index contributed by atoms with van der Waals surface area (Å²) in [5.41, 5.74) is 4.26. The molecule has 11 heteroatoms. The number of carbonyl (C=O) groups is 1. The summed E-state index contributed by atoms with van der Waals surface area (Å²) < 4.78 is 2.35. The second-order valence-corrected chi connectivity index (χ2v) is 9.21. The van der Waals surface area contributed by atoms with E-state index in [1.54, 1.807) is 55.5 Å². The minimum absolute atomic E-state index is 0.0486. The first-order valence-electron chi connectivity index (χ1n) is 10.3. The molecule has 1 N–H and O–H groups in total. The van der Waals surface area contributed by atoms with Crippen LogP contribution < -0.4 is 11.0 Å². The molecule has 4 aromatic rings. The van der Waals surface area contributed by atoms with Gasteiger partial charge < -0.3 is 0 Å². The normalized spacial score (nSPS) is 11.4. The summed E-state index contributed by atoms with van der Waals surface area (Å²) in [6, 6.07) is 20.3. The van der Waals surface area contributed by atoms with Crippen LogP contribution in [0.5, 0.6) is 0 Å². The van der Waals surface area contributed by atoms with Gasteiger partial charge in [0.05, 0.1) is 33.0 Å². The van der Waals surface area contributed by atoms with Crippen molar-refractivity contribution in [3.05, 3.63) is 103 Å². The molecule has 1 amide bonds. The Morgan fingerprint density at radius 2 is 1.89 bits per heavy atom. The third-order valence-corrected chi connectivity index (χ3v) is 6.45. The van der Waals surface area contributed by atoms with Crippen LogP contribution in [0.2, 0.25) is 0 Å². The lowest BCUT2D eigenvalue weighted by Gasteiger charge is -2.13. The highest BCUT2D eigenvalue weighted by Crippen LogP contribution is 2.22. The molecule has 1 aromatic heterocycles. The Bertz CT molecular complexity index is 1520. The fourth-order valence-corrected chi connectivity index (χ4v) is 4.31. The third-order valence-electron chi connectivity index (χ3n) is 4.99. The number of fused-ring (bicyclic) bond motifs is 1. The van der Waals surface area contributed by atoms with E-state index in [4.69, 9.17) is 0 Å². The number of thioether (sulfide) groups is 1. The molecule has 0 aliphatic rings. The smallest absolute Gasteiger partial charge is 0.270 e. The van der Waals surface area contributed by atoms with Gasteiger partial charge in [0.15, 0.2) is 5.16 Å². The lowest BCUT2D eigenvalue weighted by molar-refractivity contribution is -0.384. The highest BCUT2D eigenvalue weighted by atomic mass is 79.9. The van der Waals surface area contributed by atoms with Crippen LogP contribution in [-0.2, 0) is 4.79 Å². The summed E-state index contributed by atoms with van der Waals surface area (Å²) in [7, 11) is 0. The summed E-state index contributed by atoms with van der Waals surface area (Å²) in [6.45, 7) is 1.64. The second-order valence-electron chi connectivity index (χ2n) is 7.36. The number of rotatable bonds is 7. The van der Waals surface area contributed by atoms with Gasteiger partial charge in [-0.1, -0.05) is 52.0 Å². The van der Waals surface area contributed by atoms with Crippen molar-refractivity contribution in [3.63, 3.8) is 0 Å². The highest BCUT2D eigenvalue weighted by Gasteiger charge is 2.15. The number of nitrogens with one attached hydrogen (secondary N) is 1. The summed E-state index contributed by atoms with van der Waals surface area (Å²) in [6.07, 6.45) is 0. The van der Waals surface area contributed by atoms with Crippen molar-refractivity contribution >= 4 is 55.9 Å². The third kappa shape index (κ3) is 5.64. The van der Waals surface area contributed by atoms with Crippen LogP contribution in [0.1, 0.15) is 12.5 Å². The lowest BCUT2D eigenvalue weighted by atomic mass is 10.1. The topological polar surface area (TPSA) is 119 Å². The average molecular weight is 552 g/mol. The van der Waals surface area contributed by atoms with E-state index in [1.807, 2.05) is 12.1 Å². The van der Waals surface area contributed by atoms with E-state index in [2.05, 4.69) is 31.4 Å². The molecule has 0 aliphatic carbocycles. The first kappa shape index (κ1) is 24.3. The number of para-hydroxylation sites is 1. The van der Waals surface area contributed by atoms with E-state index in [-0.39, 0.29) is 17.0 Å². The first-order chi connectivity index (χ1) is 16.8. The first-order valence-corrected chi connectivity index (χ1v) is 12.1. The van der Waals surface area contributed by atoms with Gasteiger partial charge in [-0.25, -0.2) is 10.4 Å². The molecular formula is C24H18BrN5O4S. The summed E-state index contributed by atoms with van der Waals surface area (Å²) in [5, 5.41) is 15.9. The zero-order valence-electron chi connectivity index (χ0n) is 18.3. The summed E-state index contributed by atoms with van der Waals surface area (Å²) >= 11 is 4.50. The van der Waals surface area contributed by atoms with Crippen molar-refractivity contribution in [1.82, 2.24) is 15.0 Å². The number of benzene rings is 3. The average Bonchev–Trinajstić information content (AvgIpc) is 2.87. The quantitative estimate of drug-likeness (QED) is 0.117. The largest absolute Gasteiger partial charge is 0.272 e. The van der Waals surface area contributed by atoms with Gasteiger partial charge >= 0.3 is 0 Å². The Kier molecular flexibility index (Phi) is 7.37. The Morgan fingerprint density at radius 3 is 2.63 bits per heavy atom. The molecular weight excluding hydrogens is 534 g/mol. The van der Waals surface area contributed by atoms with Crippen LogP contribution in [0, 0.1) is 10.1 Å². The van der Waals surface area contributed by atoms with Gasteiger partial charge in [-0.2, -0.15) is 5.10 Å². The molecule has 176 valence electrons. The van der Waals surface area contributed by atoms with E-state index >= 15 is 0 Å². The van der Waals surface area contributed by atoms with E-state index < -0.39 is 10.8 Å². The van der Waals surface area contributed by atoms with Crippen molar-refractivity contribution in [2.75, 3.05) is 5.75 Å². The lowest BCUT2D eigenvalue weighted by Crippen LogP contribution is -2.24. The van der Waals surface area contributed by atoms with Crippen LogP contribution in [0.3, 0.4) is 0 Å². The molecule has 0 spiro atoms. The van der Waals surface area contributed by atoms with Gasteiger partial charge in [-0.05, 0) is 43.3 Å². The fraction of sp³-hybridized carbons (Fsp3) is 0.0833. The number of halogens is 1. The molecule has 0 aliphatic heterocycles. The Balaban J connectivity index is 1.56. The predicted octanol–water partition coefficient (Wildman–Crippen LogP) is 4.69. The van der Waals surface area contributed by atoms with E-state index in [0.29, 0.717) is 33.0 Å². The number of hydrogen-bond donors (Lipinski definition) is 1. The molecule has 9 nitrogen and oxygen atoms in total. The van der Waals surface area contributed by atoms with Crippen molar-refractivity contribution in [1.29, 1.82) is 0 Å². The SMILES string of the molecule is C/C(=N\NC(=O)CSc1nc2ccccc2c(=O)n1-c1ccc(Br)cc1)c1cccc([N+](=O)[O-])c1. The second kappa shape index (κ2) is 10.6. The minimum atomic E-state index is -0.493. The van der Waals surface area contributed by atoms with E-state index in [0.717, 1.165) is 16.2 Å². The molecule has 0 fully saturated rings. The number of carbonyl (C=O) groups excluding carboxylic acids is 1. The molecule has 0 unspecified atom stereocenters. The van der Waals surface area contributed by atoms with Gasteiger partial charge in [-0.15, -0.1) is 0 Å². The van der Waals surface area contributed by atoms with Crippen LogP contribution in [0.25, 0.3) is 16.6 Å². The molecule has 3 aromatic carbocycles. The Morgan fingerprint density at radius 1 is 1.14 bits per heavy atom. The van der Waals surface area contributed by atoms with Crippen molar-refractivity contribution in [2.45, 2.75) is 12.1 Å². The zero-order chi connectivity index (χ0) is 24.9. The molecule has 0 bridgehead atoms. The maximum absolute atomic E-state index is 13.3. The number of hydrogen-bond acceptors (Lipinski definition) is 7. The van der Waals surface area contributed by atoms with Gasteiger partial charge in [-0.3, -0.25) is 24.3 Å². The molecule has 0 radical (unpaired) electrons. The minimum Gasteiger partial charge on any atom is -0.272 e. The fourth-order valence-electron chi connectivity index (χ4n) is 3.24. The highest BCUT2D eigenvalue weighted by molar-refractivity contribution is 9.10. The molecule has 0 saturated heterocycles. The molecule has 1 heterocycles. The Hall–Kier alpha value is -3.83. The monoisotopic (exact) mass is 551 g/mol. The standard InChI is InChI=1S/C24H18BrN5O4S/c1-15(16-5-4-6-19(13-16)30(33)34)27-28-22(31)14-35-24-26-21-8-3-2-7-20(21)23(32)29(24)18-11-9-17(25)10-12-18/h2-13H,14H2,1H3,(H,28,31)/b27-15+. The van der Waals surface area contributed by atoms with Gasteiger partial charge in [0, 0.05) is 22.2 Å². The van der Waals surface area contributed by atoms with Crippen molar-refractivity contribution in [2.24, 2.45) is 5.10 Å². The number of non-ortho nitro benzene ring substituents is 1. The molecule has 0 saturated carbocycles. The maximum Gasteiger partial charge on any atom is 0.270 e. The van der Waals surface area contributed by atoms with Crippen LogP contribution in [0.15, 0.2) is 92.3 Å². The number of amides is 1. The van der Waals surface area contributed by atoms with Crippen LogP contribution in [-0.4, -0.2) is 31.8 Å². The van der Waals surface area contributed by atoms with Gasteiger partial charge in [0.25, 0.3) is 17.2 Å².